The Balaban J connectivity index is 0. The summed E-state index contributed by atoms with van der Waals surface area (Å²) in [5.74, 6) is 0.649. The van der Waals surface area contributed by atoms with Crippen molar-refractivity contribution in [3.05, 3.63) is 0 Å². The third-order valence-electron chi connectivity index (χ3n) is 0.800. The van der Waals surface area contributed by atoms with Crippen molar-refractivity contribution >= 4 is 17.7 Å². The number of rotatable bonds is 4. The smallest absolute Gasteiger partial charge is 0.218 e. The lowest BCUT2D eigenvalue weighted by molar-refractivity contribution is -0.117. The Morgan fingerprint density at radius 3 is 2.67 bits per heavy atom. The molecule has 0 saturated carbocycles. The zero-order valence-electron chi connectivity index (χ0n) is 5.89. The number of carbonyl (C=O) groups is 1. The molecule has 0 saturated heterocycles. The minimum atomic E-state index is -0.205. The average Bonchev–Trinajstić information content (AvgIpc) is 1.63. The van der Waals surface area contributed by atoms with Gasteiger partial charge in [-0.05, 0) is 5.25 Å². The third kappa shape index (κ3) is 7.82. The van der Waals surface area contributed by atoms with Gasteiger partial charge in [-0.3, -0.25) is 4.79 Å². The van der Waals surface area contributed by atoms with Crippen LogP contribution in [0.4, 0.5) is 0 Å². The van der Waals surface area contributed by atoms with Crippen LogP contribution in [0.5, 0.6) is 0 Å². The van der Waals surface area contributed by atoms with E-state index in [9.17, 15) is 4.79 Å². The van der Waals surface area contributed by atoms with Crippen LogP contribution in [-0.2, 0) is 4.79 Å². The van der Waals surface area contributed by atoms with E-state index in [-0.39, 0.29) is 7.33 Å². The molecule has 0 unspecified atom stereocenters. The second kappa shape index (κ2) is 4.68. The first-order valence-electron chi connectivity index (χ1n) is 3.03. The number of thioether (sulfide) groups is 1. The normalized spacial score (nSPS) is 10.1. The summed E-state index contributed by atoms with van der Waals surface area (Å²) >= 11 is 1.76. The SMILES string of the molecule is CC(C)SCCC(N)=O.[HH]. The first-order valence-corrected chi connectivity index (χ1v) is 4.07. The van der Waals surface area contributed by atoms with E-state index in [4.69, 9.17) is 5.73 Å². The van der Waals surface area contributed by atoms with Crippen LogP contribution < -0.4 is 5.73 Å². The van der Waals surface area contributed by atoms with Crippen molar-refractivity contribution in [3.63, 3.8) is 0 Å². The highest BCUT2D eigenvalue weighted by atomic mass is 32.2. The van der Waals surface area contributed by atoms with Crippen molar-refractivity contribution in [2.75, 3.05) is 5.75 Å². The van der Waals surface area contributed by atoms with Gasteiger partial charge in [0.05, 0.1) is 0 Å². The molecule has 0 aromatic carbocycles. The molecular weight excluding hydrogens is 134 g/mol. The third-order valence-corrected chi connectivity index (χ3v) is 1.91. The summed E-state index contributed by atoms with van der Waals surface area (Å²) in [5, 5.41) is 0.601. The number of hydrogen-bond acceptors (Lipinski definition) is 2. The van der Waals surface area contributed by atoms with Gasteiger partial charge < -0.3 is 5.73 Å². The molecule has 0 rings (SSSR count). The molecule has 0 heterocycles. The Bertz CT molecular complexity index is 97.7. The highest BCUT2D eigenvalue weighted by Crippen LogP contribution is 2.09. The largest absolute Gasteiger partial charge is 0.370 e. The molecule has 0 bridgehead atoms. The number of amides is 1. The molecular formula is C6H15NOS. The molecule has 1 amide bonds. The van der Waals surface area contributed by atoms with Gasteiger partial charge in [-0.15, -0.1) is 0 Å². The molecule has 0 atom stereocenters. The molecule has 3 heteroatoms. The van der Waals surface area contributed by atoms with Crippen LogP contribution in [0.15, 0.2) is 0 Å². The van der Waals surface area contributed by atoms with E-state index in [1.807, 2.05) is 0 Å². The number of nitrogens with two attached hydrogens (primary N) is 1. The molecule has 2 nitrogen and oxygen atoms in total. The molecule has 2 N–H and O–H groups in total. The van der Waals surface area contributed by atoms with E-state index in [1.165, 1.54) is 0 Å². The van der Waals surface area contributed by atoms with Crippen LogP contribution in [0.25, 0.3) is 0 Å². The molecule has 0 aliphatic rings. The maximum atomic E-state index is 10.2. The molecule has 0 fully saturated rings. The van der Waals surface area contributed by atoms with Gasteiger partial charge in [-0.1, -0.05) is 13.8 Å². The summed E-state index contributed by atoms with van der Waals surface area (Å²) in [5.41, 5.74) is 4.93. The first kappa shape index (κ1) is 8.82. The predicted octanol–water partition coefficient (Wildman–Crippen LogP) is 1.25. The standard InChI is InChI=1S/C6H13NOS.H2/c1-5(2)9-4-3-6(7)8;/h5H,3-4H2,1-2H3,(H2,7,8);1H. The zero-order valence-corrected chi connectivity index (χ0v) is 6.70. The lowest BCUT2D eigenvalue weighted by atomic mass is 10.5. The molecule has 56 valence electrons. The summed E-state index contributed by atoms with van der Waals surface area (Å²) in [6.07, 6.45) is 0.503. The van der Waals surface area contributed by atoms with Crippen LogP contribution in [0.3, 0.4) is 0 Å². The van der Waals surface area contributed by atoms with Gasteiger partial charge in [0, 0.05) is 13.6 Å². The van der Waals surface area contributed by atoms with Gasteiger partial charge in [0.2, 0.25) is 5.91 Å². The van der Waals surface area contributed by atoms with Crippen molar-refractivity contribution in [1.29, 1.82) is 0 Å². The van der Waals surface area contributed by atoms with Crippen molar-refractivity contribution in [1.82, 2.24) is 0 Å². The van der Waals surface area contributed by atoms with Gasteiger partial charge >= 0.3 is 0 Å². The summed E-state index contributed by atoms with van der Waals surface area (Å²) < 4.78 is 0. The Morgan fingerprint density at radius 2 is 2.33 bits per heavy atom. The van der Waals surface area contributed by atoms with Crippen molar-refractivity contribution < 1.29 is 6.22 Å². The monoisotopic (exact) mass is 149 g/mol. The Labute approximate surface area is 61.7 Å². The molecule has 0 aliphatic heterocycles. The fourth-order valence-electron chi connectivity index (χ4n) is 0.395. The first-order chi connectivity index (χ1) is 4.13. The zero-order chi connectivity index (χ0) is 7.28. The molecule has 0 spiro atoms. The van der Waals surface area contributed by atoms with E-state index < -0.39 is 0 Å². The van der Waals surface area contributed by atoms with E-state index in [0.717, 1.165) is 5.75 Å². The van der Waals surface area contributed by atoms with Crippen molar-refractivity contribution in [2.24, 2.45) is 5.73 Å². The summed E-state index contributed by atoms with van der Waals surface area (Å²) in [6, 6.07) is 0. The summed E-state index contributed by atoms with van der Waals surface area (Å²) in [7, 11) is 0. The summed E-state index contributed by atoms with van der Waals surface area (Å²) in [6.45, 7) is 4.21. The number of carbonyl (C=O) groups excluding carboxylic acids is 1. The van der Waals surface area contributed by atoms with E-state index in [2.05, 4.69) is 13.8 Å². The second-order valence-corrected chi connectivity index (χ2v) is 3.82. The maximum absolute atomic E-state index is 10.2. The Hall–Kier alpha value is -0.180. The van der Waals surface area contributed by atoms with Gasteiger partial charge in [0.1, 0.15) is 0 Å². The lowest BCUT2D eigenvalue weighted by Crippen LogP contribution is -2.11. The van der Waals surface area contributed by atoms with Crippen LogP contribution in [0.2, 0.25) is 0 Å². The van der Waals surface area contributed by atoms with E-state index in [1.54, 1.807) is 11.8 Å². The molecule has 9 heavy (non-hydrogen) atoms. The van der Waals surface area contributed by atoms with Gasteiger partial charge in [0.25, 0.3) is 0 Å². The van der Waals surface area contributed by atoms with Crippen molar-refractivity contribution in [3.8, 4) is 0 Å². The fraction of sp³-hybridized carbons (Fsp3) is 0.833. The molecule has 0 aliphatic carbocycles. The van der Waals surface area contributed by atoms with Gasteiger partial charge in [0.15, 0.2) is 0 Å². The van der Waals surface area contributed by atoms with Crippen LogP contribution >= 0.6 is 11.8 Å². The van der Waals surface area contributed by atoms with Gasteiger partial charge in [-0.25, -0.2) is 0 Å². The minimum Gasteiger partial charge on any atom is -0.370 e. The fourth-order valence-corrected chi connectivity index (χ4v) is 1.19. The molecule has 0 radical (unpaired) electrons. The highest BCUT2D eigenvalue weighted by Gasteiger charge is 1.96. The van der Waals surface area contributed by atoms with Gasteiger partial charge in [-0.2, -0.15) is 11.8 Å². The second-order valence-electron chi connectivity index (χ2n) is 2.14. The van der Waals surface area contributed by atoms with Crippen LogP contribution in [0.1, 0.15) is 21.7 Å². The molecule has 0 aromatic heterocycles. The lowest BCUT2D eigenvalue weighted by Gasteiger charge is -2.00. The number of primary amides is 1. The van der Waals surface area contributed by atoms with Crippen molar-refractivity contribution in [2.45, 2.75) is 25.5 Å². The minimum absolute atomic E-state index is 0. The Morgan fingerprint density at radius 1 is 1.78 bits per heavy atom. The van der Waals surface area contributed by atoms with E-state index in [0.29, 0.717) is 11.7 Å². The topological polar surface area (TPSA) is 43.1 Å². The Kier molecular flexibility index (Phi) is 4.58. The average molecular weight is 149 g/mol. The summed E-state index contributed by atoms with van der Waals surface area (Å²) in [4.78, 5) is 10.2. The quantitative estimate of drug-likeness (QED) is 0.653. The number of hydrogen-bond donors (Lipinski definition) is 1. The van der Waals surface area contributed by atoms with Crippen LogP contribution in [-0.4, -0.2) is 16.9 Å². The van der Waals surface area contributed by atoms with Crippen LogP contribution in [0, 0.1) is 0 Å². The molecule has 0 aromatic rings. The maximum Gasteiger partial charge on any atom is 0.218 e. The predicted molar refractivity (Wildman–Crippen MR) is 43.5 cm³/mol. The highest BCUT2D eigenvalue weighted by molar-refractivity contribution is 7.99. The van der Waals surface area contributed by atoms with E-state index >= 15 is 0 Å².